The van der Waals surface area contributed by atoms with Gasteiger partial charge in [-0.3, -0.25) is 9.59 Å². The molecule has 1 aromatic carbocycles. The average Bonchev–Trinajstić information content (AvgIpc) is 3.08. The molecule has 2 N–H and O–H groups in total. The third-order valence-corrected chi connectivity index (χ3v) is 4.02. The molecule has 0 saturated heterocycles. The van der Waals surface area contributed by atoms with Crippen LogP contribution in [0.5, 0.6) is 0 Å². The maximum absolute atomic E-state index is 11.4. The van der Waals surface area contributed by atoms with Gasteiger partial charge in [0.25, 0.3) is 0 Å². The first-order chi connectivity index (χ1) is 9.00. The van der Waals surface area contributed by atoms with Gasteiger partial charge < -0.3 is 15.3 Å². The second-order valence-corrected chi connectivity index (χ2v) is 5.49. The fourth-order valence-electron chi connectivity index (χ4n) is 2.78. The smallest absolute Gasteiger partial charge is 0.304 e. The number of benzene rings is 1. The highest BCUT2D eigenvalue weighted by Gasteiger charge is 2.46. The Morgan fingerprint density at radius 2 is 2.21 bits per heavy atom. The van der Waals surface area contributed by atoms with Crippen molar-refractivity contribution in [2.75, 3.05) is 23.8 Å². The van der Waals surface area contributed by atoms with Crippen molar-refractivity contribution in [2.45, 2.75) is 24.7 Å². The minimum atomic E-state index is -0.753. The molecule has 1 aliphatic carbocycles. The summed E-state index contributed by atoms with van der Waals surface area (Å²) in [6.45, 7) is 0.336. The first-order valence-corrected chi connectivity index (χ1v) is 6.37. The van der Waals surface area contributed by atoms with E-state index in [1.165, 1.54) is 0 Å². The molecule has 19 heavy (non-hydrogen) atoms. The molecule has 0 unspecified atom stereocenters. The van der Waals surface area contributed by atoms with Crippen LogP contribution in [0.3, 0.4) is 0 Å². The van der Waals surface area contributed by atoms with Crippen molar-refractivity contribution in [2.24, 2.45) is 0 Å². The van der Waals surface area contributed by atoms with E-state index in [4.69, 9.17) is 5.11 Å². The van der Waals surface area contributed by atoms with E-state index in [9.17, 15) is 9.59 Å². The van der Waals surface area contributed by atoms with Crippen molar-refractivity contribution in [3.8, 4) is 0 Å². The van der Waals surface area contributed by atoms with Gasteiger partial charge in [-0.25, -0.2) is 0 Å². The monoisotopic (exact) mass is 260 g/mol. The fourth-order valence-corrected chi connectivity index (χ4v) is 2.78. The number of hydrogen-bond donors (Lipinski definition) is 2. The van der Waals surface area contributed by atoms with Gasteiger partial charge in [0.2, 0.25) is 5.91 Å². The van der Waals surface area contributed by atoms with Crippen LogP contribution >= 0.6 is 0 Å². The Labute approximate surface area is 111 Å². The number of carboxylic acids is 1. The fraction of sp³-hybridized carbons (Fsp3) is 0.429. The van der Waals surface area contributed by atoms with Crippen LogP contribution in [0.15, 0.2) is 18.2 Å². The van der Waals surface area contributed by atoms with E-state index in [1.807, 2.05) is 30.1 Å². The van der Waals surface area contributed by atoms with Crippen LogP contribution in [-0.4, -0.2) is 30.6 Å². The van der Waals surface area contributed by atoms with Crippen LogP contribution in [-0.2, 0) is 15.0 Å². The highest BCUT2D eigenvalue weighted by Crippen LogP contribution is 2.52. The maximum Gasteiger partial charge on any atom is 0.304 e. The molecule has 1 aromatic rings. The molecule has 2 aliphatic rings. The number of fused-ring (bicyclic) bond motifs is 1. The molecule has 5 nitrogen and oxygen atoms in total. The average molecular weight is 260 g/mol. The van der Waals surface area contributed by atoms with Gasteiger partial charge in [-0.2, -0.15) is 0 Å². The Hall–Kier alpha value is -2.04. The number of amides is 1. The molecule has 1 saturated carbocycles. The Kier molecular flexibility index (Phi) is 2.52. The van der Waals surface area contributed by atoms with E-state index in [1.54, 1.807) is 0 Å². The van der Waals surface area contributed by atoms with Gasteiger partial charge in [0.15, 0.2) is 0 Å². The largest absolute Gasteiger partial charge is 0.481 e. The molecule has 0 radical (unpaired) electrons. The van der Waals surface area contributed by atoms with E-state index in [0.29, 0.717) is 6.54 Å². The number of nitrogens with zero attached hydrogens (tertiary/aromatic N) is 1. The third kappa shape index (κ3) is 2.05. The van der Waals surface area contributed by atoms with Crippen molar-refractivity contribution >= 4 is 23.3 Å². The SMILES string of the molecule is CN1CC(=O)Nc2ccc(C3(CC(=O)O)CC3)cc21. The van der Waals surface area contributed by atoms with E-state index >= 15 is 0 Å². The molecule has 0 aromatic heterocycles. The van der Waals surface area contributed by atoms with Crippen LogP contribution in [0.2, 0.25) is 0 Å². The zero-order valence-corrected chi connectivity index (χ0v) is 10.8. The zero-order chi connectivity index (χ0) is 13.6. The van der Waals surface area contributed by atoms with Gasteiger partial charge in [0.05, 0.1) is 24.3 Å². The summed E-state index contributed by atoms with van der Waals surface area (Å²) < 4.78 is 0. The van der Waals surface area contributed by atoms with Crippen LogP contribution in [0, 0.1) is 0 Å². The van der Waals surface area contributed by atoms with Gasteiger partial charge in [-0.1, -0.05) is 6.07 Å². The lowest BCUT2D eigenvalue weighted by atomic mass is 9.91. The molecule has 1 heterocycles. The Morgan fingerprint density at radius 1 is 1.47 bits per heavy atom. The standard InChI is InChI=1S/C14H16N2O3/c1-16-8-12(17)15-10-3-2-9(6-11(10)16)14(4-5-14)7-13(18)19/h2-3,6H,4-5,7-8H2,1H3,(H,15,17)(H,18,19). The molecule has 5 heteroatoms. The van der Waals surface area contributed by atoms with Crippen LogP contribution in [0.25, 0.3) is 0 Å². The van der Waals surface area contributed by atoms with Gasteiger partial charge in [-0.15, -0.1) is 0 Å². The minimum absolute atomic E-state index is 0.0191. The number of anilines is 2. The summed E-state index contributed by atoms with van der Waals surface area (Å²) in [6.07, 6.45) is 2.03. The predicted octanol–water partition coefficient (Wildman–Crippen LogP) is 1.58. The van der Waals surface area contributed by atoms with Crippen molar-refractivity contribution in [1.29, 1.82) is 0 Å². The number of carbonyl (C=O) groups is 2. The number of carboxylic acid groups (broad SMARTS) is 1. The Bertz CT molecular complexity index is 564. The minimum Gasteiger partial charge on any atom is -0.481 e. The van der Waals surface area contributed by atoms with E-state index in [-0.39, 0.29) is 17.7 Å². The topological polar surface area (TPSA) is 69.6 Å². The lowest BCUT2D eigenvalue weighted by Crippen LogP contribution is -2.35. The van der Waals surface area contributed by atoms with E-state index in [0.717, 1.165) is 29.8 Å². The maximum atomic E-state index is 11.4. The number of carbonyl (C=O) groups excluding carboxylic acids is 1. The summed E-state index contributed by atoms with van der Waals surface area (Å²) in [5, 5.41) is 11.8. The number of hydrogen-bond acceptors (Lipinski definition) is 3. The van der Waals surface area contributed by atoms with Crippen molar-refractivity contribution in [3.05, 3.63) is 23.8 Å². The molecule has 0 atom stereocenters. The second kappa shape index (κ2) is 3.98. The van der Waals surface area contributed by atoms with Crippen molar-refractivity contribution in [3.63, 3.8) is 0 Å². The van der Waals surface area contributed by atoms with Crippen LogP contribution < -0.4 is 10.2 Å². The molecule has 100 valence electrons. The van der Waals surface area contributed by atoms with Crippen molar-refractivity contribution < 1.29 is 14.7 Å². The normalized spacial score (nSPS) is 19.6. The number of rotatable bonds is 3. The molecule has 1 amide bonds. The highest BCUT2D eigenvalue weighted by atomic mass is 16.4. The molecule has 0 bridgehead atoms. The zero-order valence-electron chi connectivity index (χ0n) is 10.8. The van der Waals surface area contributed by atoms with Gasteiger partial charge in [0.1, 0.15) is 0 Å². The predicted molar refractivity (Wildman–Crippen MR) is 71.5 cm³/mol. The summed E-state index contributed by atoms with van der Waals surface area (Å²) in [5.41, 5.74) is 2.64. The van der Waals surface area contributed by atoms with Gasteiger partial charge in [-0.05, 0) is 30.5 Å². The molecular weight excluding hydrogens is 244 g/mol. The van der Waals surface area contributed by atoms with Gasteiger partial charge >= 0.3 is 5.97 Å². The summed E-state index contributed by atoms with van der Waals surface area (Å²) in [7, 11) is 1.87. The second-order valence-electron chi connectivity index (χ2n) is 5.49. The van der Waals surface area contributed by atoms with Crippen molar-refractivity contribution in [1.82, 2.24) is 0 Å². The van der Waals surface area contributed by atoms with Crippen LogP contribution in [0.4, 0.5) is 11.4 Å². The van der Waals surface area contributed by atoms with E-state index < -0.39 is 5.97 Å². The first-order valence-electron chi connectivity index (χ1n) is 6.37. The Morgan fingerprint density at radius 3 is 2.84 bits per heavy atom. The number of nitrogens with one attached hydrogen (secondary N) is 1. The summed E-state index contributed by atoms with van der Waals surface area (Å²) >= 11 is 0. The van der Waals surface area contributed by atoms with Crippen LogP contribution in [0.1, 0.15) is 24.8 Å². The molecule has 1 aliphatic heterocycles. The third-order valence-electron chi connectivity index (χ3n) is 4.02. The quantitative estimate of drug-likeness (QED) is 0.865. The molecule has 1 fully saturated rings. The molecular formula is C14H16N2O3. The summed E-state index contributed by atoms with van der Waals surface area (Å²) in [5.74, 6) is -0.772. The number of aliphatic carboxylic acids is 1. The van der Waals surface area contributed by atoms with Gasteiger partial charge in [0, 0.05) is 12.5 Å². The Balaban J connectivity index is 1.96. The lowest BCUT2D eigenvalue weighted by molar-refractivity contribution is -0.137. The number of likely N-dealkylation sites (N-methyl/N-ethyl adjacent to an activating group) is 1. The molecule has 0 spiro atoms. The lowest BCUT2D eigenvalue weighted by Gasteiger charge is -2.28. The van der Waals surface area contributed by atoms with E-state index in [2.05, 4.69) is 5.32 Å². The summed E-state index contributed by atoms with van der Waals surface area (Å²) in [4.78, 5) is 24.3. The first kappa shape index (κ1) is 12.0. The molecule has 3 rings (SSSR count). The highest BCUT2D eigenvalue weighted by molar-refractivity contribution is 6.01. The summed E-state index contributed by atoms with van der Waals surface area (Å²) in [6, 6.07) is 5.83.